The molecule has 2 nitrogen and oxygen atoms in total. The fourth-order valence-corrected chi connectivity index (χ4v) is 27.5. The number of furan rings is 2. The van der Waals surface area contributed by atoms with Gasteiger partial charge in [0.2, 0.25) is 0 Å². The number of hydrogen-bond acceptors (Lipinski definition) is 4. The van der Waals surface area contributed by atoms with Crippen molar-refractivity contribution in [2.45, 2.75) is 288 Å². The molecule has 0 aliphatic carbocycles. The molecule has 0 bridgehead atoms. The monoisotopic (exact) mass is 1210 g/mol. The SMILES string of the molecule is CCCCCCCCCCc1cc(-c2oc3cc4c(CCCCCCCCCC)c(-c5cc(CCCCCCCCCC)[c]([Sn]([CH3])([CH3])[CH3])s5)oc4cc3c2CCCCCCCCCC)s[c]1[Sn]([CH3])([CH3])[CH3]. The van der Waals surface area contributed by atoms with Gasteiger partial charge in [-0.25, -0.2) is 0 Å². The summed E-state index contributed by atoms with van der Waals surface area (Å²) in [5.74, 6) is 2.34. The maximum atomic E-state index is 7.31. The van der Waals surface area contributed by atoms with Crippen LogP contribution < -0.4 is 5.79 Å². The maximum absolute atomic E-state index is 7.31. The zero-order chi connectivity index (χ0) is 50.2. The fourth-order valence-electron chi connectivity index (χ4n) is 11.2. The Balaban J connectivity index is 1.51. The molecular formula is C64H106O2S2Sn2. The first-order valence-corrected chi connectivity index (χ1v) is 51.8. The molecule has 0 fully saturated rings. The van der Waals surface area contributed by atoms with Crippen LogP contribution in [-0.4, -0.2) is 36.8 Å². The summed E-state index contributed by atoms with van der Waals surface area (Å²) in [7, 11) is 0. The average molecular weight is 1210 g/mol. The molecule has 70 heavy (non-hydrogen) atoms. The van der Waals surface area contributed by atoms with Crippen molar-refractivity contribution in [3.63, 3.8) is 0 Å². The van der Waals surface area contributed by atoms with E-state index in [1.165, 1.54) is 261 Å². The summed E-state index contributed by atoms with van der Waals surface area (Å²) in [5, 5.41) is 2.60. The molecule has 4 heterocycles. The zero-order valence-electron chi connectivity index (χ0n) is 47.4. The first-order chi connectivity index (χ1) is 33.9. The summed E-state index contributed by atoms with van der Waals surface area (Å²) >= 11 is -0.587. The number of unbranched alkanes of at least 4 members (excludes halogenated alkanes) is 28. The van der Waals surface area contributed by atoms with Crippen molar-refractivity contribution >= 4 is 87.2 Å². The predicted molar refractivity (Wildman–Crippen MR) is 324 cm³/mol. The summed E-state index contributed by atoms with van der Waals surface area (Å²) in [6.07, 6.45) is 48.1. The third kappa shape index (κ3) is 19.5. The number of hydrogen-bond donors (Lipinski definition) is 0. The van der Waals surface area contributed by atoms with Crippen molar-refractivity contribution in [3.8, 4) is 21.3 Å². The van der Waals surface area contributed by atoms with Crippen molar-refractivity contribution in [1.29, 1.82) is 0 Å². The van der Waals surface area contributed by atoms with Gasteiger partial charge in [-0.1, -0.05) is 39.5 Å². The van der Waals surface area contributed by atoms with E-state index in [9.17, 15) is 0 Å². The number of thiophene rings is 2. The minimum atomic E-state index is -2.41. The van der Waals surface area contributed by atoms with E-state index < -0.39 is 36.8 Å². The van der Waals surface area contributed by atoms with Crippen molar-refractivity contribution in [3.05, 3.63) is 46.5 Å². The van der Waals surface area contributed by atoms with Gasteiger partial charge < -0.3 is 0 Å². The number of benzene rings is 1. The molecule has 1 aromatic carbocycles. The van der Waals surface area contributed by atoms with E-state index in [1.807, 2.05) is 0 Å². The molecule has 394 valence electrons. The van der Waals surface area contributed by atoms with Gasteiger partial charge in [-0.2, -0.15) is 0 Å². The van der Waals surface area contributed by atoms with Gasteiger partial charge in [0.1, 0.15) is 0 Å². The summed E-state index contributed by atoms with van der Waals surface area (Å²) < 4.78 is 18.1. The first kappa shape index (κ1) is 60.2. The number of fused-ring (bicyclic) bond motifs is 2. The van der Waals surface area contributed by atoms with Crippen LogP contribution >= 0.6 is 22.7 Å². The molecule has 0 saturated carbocycles. The normalized spacial score (nSPS) is 12.5. The number of rotatable bonds is 40. The Kier molecular flexibility index (Phi) is 28.1. The molecule has 0 unspecified atom stereocenters. The van der Waals surface area contributed by atoms with Gasteiger partial charge in [-0.3, -0.25) is 0 Å². The molecular weight excluding hydrogens is 1100 g/mol. The molecule has 0 amide bonds. The Morgan fingerprint density at radius 1 is 0.329 bits per heavy atom. The van der Waals surface area contributed by atoms with Crippen molar-refractivity contribution in [1.82, 2.24) is 0 Å². The van der Waals surface area contributed by atoms with E-state index in [1.54, 1.807) is 16.9 Å². The van der Waals surface area contributed by atoms with Crippen molar-refractivity contribution in [2.24, 2.45) is 0 Å². The molecule has 0 aliphatic heterocycles. The van der Waals surface area contributed by atoms with Crippen LogP contribution in [0.2, 0.25) is 29.6 Å². The van der Waals surface area contributed by atoms with Crippen LogP contribution in [0.15, 0.2) is 33.1 Å². The standard InChI is InChI=1S/C58H88O2S2.6CH3.2Sn/c1-5-9-13-17-21-25-29-33-37-47-41-55(61-45-47)57-49(39-35-31-27-23-19-15-11-7-3)51-43-54-52(44-53(51)59-57)50(40-36-32-28-24-20-16-12-8-4)58(60-54)56-42-48(46-62-56)38-34-30-26-22-18-14-10-6-2;;;;;;;;/h41-44H,5-40H2,1-4H3;6*1H3;;. The topological polar surface area (TPSA) is 26.3 Å². The van der Waals surface area contributed by atoms with E-state index in [2.05, 4.69) is 104 Å². The third-order valence-corrected chi connectivity index (χ3v) is 36.8. The summed E-state index contributed by atoms with van der Waals surface area (Å²) in [6, 6.07) is 10.1. The summed E-state index contributed by atoms with van der Waals surface area (Å²) in [5.41, 5.74) is 8.33. The van der Waals surface area contributed by atoms with Gasteiger partial charge >= 0.3 is 413 Å². The van der Waals surface area contributed by atoms with Crippen LogP contribution in [0, 0.1) is 0 Å². The fraction of sp³-hybridized carbons (Fsp3) is 0.719. The molecule has 4 aromatic heterocycles. The Hall–Kier alpha value is -0.703. The van der Waals surface area contributed by atoms with E-state index in [0.29, 0.717) is 0 Å². The van der Waals surface area contributed by atoms with Gasteiger partial charge in [-0.05, 0) is 0 Å². The Morgan fingerprint density at radius 3 is 0.857 bits per heavy atom. The van der Waals surface area contributed by atoms with E-state index >= 15 is 0 Å². The van der Waals surface area contributed by atoms with E-state index in [4.69, 9.17) is 8.83 Å². The van der Waals surface area contributed by atoms with Gasteiger partial charge in [0.25, 0.3) is 0 Å². The second-order valence-electron chi connectivity index (χ2n) is 24.0. The van der Waals surface area contributed by atoms with E-state index in [-0.39, 0.29) is 0 Å². The molecule has 5 rings (SSSR count). The Morgan fingerprint density at radius 2 is 0.586 bits per heavy atom. The molecule has 6 heteroatoms. The summed E-state index contributed by atoms with van der Waals surface area (Å²) in [4.78, 5) is 18.5. The number of aryl methyl sites for hydroxylation is 4. The third-order valence-electron chi connectivity index (χ3n) is 15.3. The predicted octanol–water partition coefficient (Wildman–Crippen LogP) is 22.5. The van der Waals surface area contributed by atoms with Crippen molar-refractivity contribution in [2.75, 3.05) is 0 Å². The summed E-state index contributed by atoms with van der Waals surface area (Å²) in [6.45, 7) is 9.29. The van der Waals surface area contributed by atoms with Crippen molar-refractivity contribution < 1.29 is 8.83 Å². The quantitative estimate of drug-likeness (QED) is 0.0289. The Bertz CT molecular complexity index is 2030. The van der Waals surface area contributed by atoms with Crippen LogP contribution in [0.1, 0.15) is 255 Å². The minimum absolute atomic E-state index is 1.08. The second-order valence-corrected chi connectivity index (χ2v) is 56.7. The first-order valence-electron chi connectivity index (χ1n) is 30.2. The van der Waals surface area contributed by atoms with Crippen LogP contribution in [0.25, 0.3) is 43.2 Å². The van der Waals surface area contributed by atoms with Crippen LogP contribution in [-0.2, 0) is 25.7 Å². The van der Waals surface area contributed by atoms with Crippen LogP contribution in [0.4, 0.5) is 0 Å². The van der Waals surface area contributed by atoms with Gasteiger partial charge in [-0.15, -0.1) is 0 Å². The zero-order valence-corrected chi connectivity index (χ0v) is 54.7. The molecule has 5 aromatic rings. The van der Waals surface area contributed by atoms with Gasteiger partial charge in [0.05, 0.1) is 0 Å². The molecule has 0 spiro atoms. The molecule has 0 N–H and O–H groups in total. The van der Waals surface area contributed by atoms with Gasteiger partial charge in [0.15, 0.2) is 0 Å². The van der Waals surface area contributed by atoms with Gasteiger partial charge in [0, 0.05) is 0 Å². The van der Waals surface area contributed by atoms with E-state index in [0.717, 1.165) is 24.0 Å². The molecule has 0 radical (unpaired) electrons. The Labute approximate surface area is 448 Å². The second kappa shape index (κ2) is 32.7. The molecule has 0 atom stereocenters. The average Bonchev–Trinajstić information content (AvgIpc) is 4.12. The molecule has 0 saturated heterocycles. The van der Waals surface area contributed by atoms with Crippen LogP contribution in [0.3, 0.4) is 0 Å². The molecule has 0 aliphatic rings. The van der Waals surface area contributed by atoms with Crippen LogP contribution in [0.5, 0.6) is 0 Å².